The second kappa shape index (κ2) is 9.79. The SMILES string of the molecule is CCOC(=O)C1=C(C)N=c2sc(=Cc3ccc(Cl)cc3)c(=O)n2[C@@H]1c1ccc(OC(C)=O)cc1. The van der Waals surface area contributed by atoms with Gasteiger partial charge in [0.15, 0.2) is 4.80 Å². The maximum atomic E-state index is 13.5. The van der Waals surface area contributed by atoms with Crippen molar-refractivity contribution in [2.75, 3.05) is 6.61 Å². The quantitative estimate of drug-likeness (QED) is 0.399. The average Bonchev–Trinajstić information content (AvgIpc) is 3.09. The van der Waals surface area contributed by atoms with E-state index >= 15 is 0 Å². The van der Waals surface area contributed by atoms with Crippen LogP contribution in [0.4, 0.5) is 0 Å². The second-order valence-electron chi connectivity index (χ2n) is 7.52. The first-order valence-corrected chi connectivity index (χ1v) is 11.7. The number of allylic oxidation sites excluding steroid dienone is 1. The highest BCUT2D eigenvalue weighted by Gasteiger charge is 2.33. The number of fused-ring (bicyclic) bond motifs is 1. The molecule has 0 spiro atoms. The molecule has 3 aromatic rings. The fourth-order valence-corrected chi connectivity index (χ4v) is 4.87. The third-order valence-corrected chi connectivity index (χ3v) is 6.38. The van der Waals surface area contributed by atoms with Crippen LogP contribution in [0.5, 0.6) is 5.75 Å². The molecule has 1 aliphatic rings. The molecule has 0 bridgehead atoms. The molecular weight excluding hydrogens is 476 g/mol. The van der Waals surface area contributed by atoms with Gasteiger partial charge in [0.2, 0.25) is 0 Å². The van der Waals surface area contributed by atoms with Gasteiger partial charge < -0.3 is 9.47 Å². The van der Waals surface area contributed by atoms with Crippen LogP contribution >= 0.6 is 22.9 Å². The summed E-state index contributed by atoms with van der Waals surface area (Å²) in [6, 6.07) is 13.1. The first kappa shape index (κ1) is 23.7. The van der Waals surface area contributed by atoms with Gasteiger partial charge in [-0.3, -0.25) is 14.2 Å². The molecule has 34 heavy (non-hydrogen) atoms. The number of benzene rings is 2. The van der Waals surface area contributed by atoms with Crippen LogP contribution in [-0.2, 0) is 14.3 Å². The number of ether oxygens (including phenoxy) is 2. The highest BCUT2D eigenvalue weighted by atomic mass is 35.5. The normalized spacial score (nSPS) is 15.5. The molecule has 0 saturated heterocycles. The summed E-state index contributed by atoms with van der Waals surface area (Å²) in [7, 11) is 0. The molecule has 1 aromatic heterocycles. The number of hydrogen-bond acceptors (Lipinski definition) is 7. The van der Waals surface area contributed by atoms with Gasteiger partial charge in [0.1, 0.15) is 5.75 Å². The van der Waals surface area contributed by atoms with Gasteiger partial charge in [-0.1, -0.05) is 47.2 Å². The lowest BCUT2D eigenvalue weighted by atomic mass is 9.96. The summed E-state index contributed by atoms with van der Waals surface area (Å²) in [6.07, 6.45) is 1.77. The number of carbonyl (C=O) groups excluding carboxylic acids is 2. The third-order valence-electron chi connectivity index (χ3n) is 5.14. The molecule has 9 heteroatoms. The number of rotatable bonds is 5. The van der Waals surface area contributed by atoms with E-state index in [1.54, 1.807) is 56.3 Å². The van der Waals surface area contributed by atoms with Crippen LogP contribution in [0, 0.1) is 0 Å². The Hall–Kier alpha value is -3.49. The predicted molar refractivity (Wildman–Crippen MR) is 130 cm³/mol. The zero-order valence-electron chi connectivity index (χ0n) is 18.7. The third kappa shape index (κ3) is 4.73. The number of esters is 2. The van der Waals surface area contributed by atoms with Gasteiger partial charge >= 0.3 is 11.9 Å². The van der Waals surface area contributed by atoms with E-state index in [-0.39, 0.29) is 17.7 Å². The minimum atomic E-state index is -0.742. The van der Waals surface area contributed by atoms with Crippen LogP contribution < -0.4 is 19.6 Å². The lowest BCUT2D eigenvalue weighted by Crippen LogP contribution is -2.39. The Labute approximate surface area is 204 Å². The minimum absolute atomic E-state index is 0.189. The topological polar surface area (TPSA) is 87.0 Å². The fraction of sp³-hybridized carbons (Fsp3) is 0.200. The highest BCUT2D eigenvalue weighted by molar-refractivity contribution is 7.07. The lowest BCUT2D eigenvalue weighted by molar-refractivity contribution is -0.139. The van der Waals surface area contributed by atoms with Crippen LogP contribution in [0.2, 0.25) is 5.02 Å². The van der Waals surface area contributed by atoms with Crippen molar-refractivity contribution in [2.24, 2.45) is 4.99 Å². The summed E-state index contributed by atoms with van der Waals surface area (Å²) in [6.45, 7) is 4.95. The van der Waals surface area contributed by atoms with E-state index < -0.39 is 18.0 Å². The molecule has 0 aliphatic carbocycles. The van der Waals surface area contributed by atoms with Gasteiger partial charge in [-0.25, -0.2) is 9.79 Å². The average molecular weight is 497 g/mol. The molecule has 1 aliphatic heterocycles. The maximum absolute atomic E-state index is 13.5. The molecule has 1 atom stereocenters. The molecule has 7 nitrogen and oxygen atoms in total. The van der Waals surface area contributed by atoms with Crippen molar-refractivity contribution >= 4 is 41.0 Å². The van der Waals surface area contributed by atoms with Gasteiger partial charge in [-0.15, -0.1) is 0 Å². The minimum Gasteiger partial charge on any atom is -0.463 e. The van der Waals surface area contributed by atoms with Crippen molar-refractivity contribution in [3.05, 3.63) is 95.6 Å². The van der Waals surface area contributed by atoms with E-state index in [0.29, 0.717) is 31.4 Å². The van der Waals surface area contributed by atoms with Gasteiger partial charge in [0.05, 0.1) is 28.5 Å². The molecule has 2 heterocycles. The maximum Gasteiger partial charge on any atom is 0.338 e. The Morgan fingerprint density at radius 1 is 1.15 bits per heavy atom. The number of nitrogens with zero attached hydrogens (tertiary/aromatic N) is 2. The first-order valence-electron chi connectivity index (χ1n) is 10.5. The Morgan fingerprint density at radius 3 is 2.44 bits per heavy atom. The number of carbonyl (C=O) groups is 2. The molecule has 0 saturated carbocycles. The van der Waals surface area contributed by atoms with Crippen molar-refractivity contribution in [3.8, 4) is 5.75 Å². The molecule has 174 valence electrons. The Kier molecular flexibility index (Phi) is 6.81. The number of thiazole rings is 1. The van der Waals surface area contributed by atoms with Crippen molar-refractivity contribution < 1.29 is 19.1 Å². The van der Waals surface area contributed by atoms with E-state index in [4.69, 9.17) is 21.1 Å². The molecule has 0 radical (unpaired) electrons. The number of halogens is 1. The molecule has 0 amide bonds. The van der Waals surface area contributed by atoms with Crippen LogP contribution in [0.1, 0.15) is 37.9 Å². The molecule has 0 fully saturated rings. The summed E-state index contributed by atoms with van der Waals surface area (Å²) in [5.41, 5.74) is 1.96. The van der Waals surface area contributed by atoms with Crippen molar-refractivity contribution in [3.63, 3.8) is 0 Å². The second-order valence-corrected chi connectivity index (χ2v) is 8.96. The first-order chi connectivity index (χ1) is 16.3. The van der Waals surface area contributed by atoms with Crippen LogP contribution in [-0.4, -0.2) is 23.1 Å². The van der Waals surface area contributed by atoms with E-state index in [2.05, 4.69) is 4.99 Å². The molecular formula is C25H21ClN2O5S. The molecule has 4 rings (SSSR count). The summed E-state index contributed by atoms with van der Waals surface area (Å²) in [5, 5.41) is 0.602. The lowest BCUT2D eigenvalue weighted by Gasteiger charge is -2.24. The van der Waals surface area contributed by atoms with E-state index in [0.717, 1.165) is 5.56 Å². The Morgan fingerprint density at radius 2 is 1.82 bits per heavy atom. The zero-order valence-corrected chi connectivity index (χ0v) is 20.3. The summed E-state index contributed by atoms with van der Waals surface area (Å²) in [5.74, 6) is -0.611. The number of hydrogen-bond donors (Lipinski definition) is 0. The summed E-state index contributed by atoms with van der Waals surface area (Å²) < 4.78 is 12.4. The summed E-state index contributed by atoms with van der Waals surface area (Å²) >= 11 is 7.21. The molecule has 2 aromatic carbocycles. The standard InChI is InChI=1S/C25H21ClN2O5S/c1-4-32-24(31)21-14(2)27-25-28(22(21)17-7-11-19(12-8-17)33-15(3)29)23(30)20(34-25)13-16-5-9-18(26)10-6-16/h5-13,22H,4H2,1-3H3/t22-/m1/s1. The smallest absolute Gasteiger partial charge is 0.338 e. The van der Waals surface area contributed by atoms with Crippen LogP contribution in [0.25, 0.3) is 6.08 Å². The van der Waals surface area contributed by atoms with Crippen LogP contribution in [0.15, 0.2) is 69.6 Å². The van der Waals surface area contributed by atoms with Gasteiger partial charge in [0, 0.05) is 11.9 Å². The van der Waals surface area contributed by atoms with Gasteiger partial charge in [-0.05, 0) is 55.3 Å². The van der Waals surface area contributed by atoms with Crippen LogP contribution in [0.3, 0.4) is 0 Å². The van der Waals surface area contributed by atoms with Crippen molar-refractivity contribution in [1.29, 1.82) is 0 Å². The van der Waals surface area contributed by atoms with Crippen molar-refractivity contribution in [2.45, 2.75) is 26.8 Å². The van der Waals surface area contributed by atoms with Gasteiger partial charge in [-0.2, -0.15) is 0 Å². The highest BCUT2D eigenvalue weighted by Crippen LogP contribution is 2.31. The Balaban J connectivity index is 1.89. The van der Waals surface area contributed by atoms with E-state index in [1.165, 1.54) is 22.8 Å². The Bertz CT molecular complexity index is 1470. The molecule has 0 N–H and O–H groups in total. The zero-order chi connectivity index (χ0) is 24.4. The van der Waals surface area contributed by atoms with E-state index in [9.17, 15) is 14.4 Å². The molecule has 0 unspecified atom stereocenters. The van der Waals surface area contributed by atoms with E-state index in [1.807, 2.05) is 12.1 Å². The summed E-state index contributed by atoms with van der Waals surface area (Å²) in [4.78, 5) is 42.7. The monoisotopic (exact) mass is 496 g/mol. The predicted octanol–water partition coefficient (Wildman–Crippen LogP) is 3.38. The largest absolute Gasteiger partial charge is 0.463 e. The fourth-order valence-electron chi connectivity index (χ4n) is 3.70. The number of aromatic nitrogens is 1. The van der Waals surface area contributed by atoms with Crippen molar-refractivity contribution in [1.82, 2.24) is 4.57 Å². The van der Waals surface area contributed by atoms with Gasteiger partial charge in [0.25, 0.3) is 5.56 Å².